The molecule has 0 aliphatic rings. The van der Waals surface area contributed by atoms with Crippen LogP contribution in [0, 0.1) is 0 Å². The van der Waals surface area contributed by atoms with Gasteiger partial charge in [-0.1, -0.05) is 170 Å². The molecule has 10 aromatic rings. The molecule has 0 atom stereocenters. The second-order valence-corrected chi connectivity index (χ2v) is 11.8. The molecule has 9 aromatic carbocycles. The number of benzene rings is 9. The van der Waals surface area contributed by atoms with Crippen molar-refractivity contribution in [1.29, 1.82) is 0 Å². The normalized spacial score (nSPS) is 15.4. The lowest BCUT2D eigenvalue weighted by Crippen LogP contribution is -1.90. The van der Waals surface area contributed by atoms with Crippen LogP contribution in [0.1, 0.15) is 17.8 Å². The average molecular weight is 636 g/mol. The minimum Gasteiger partial charge on any atom is -0.455 e. The van der Waals surface area contributed by atoms with E-state index in [1.807, 2.05) is 60.7 Å². The van der Waals surface area contributed by atoms with Crippen molar-refractivity contribution in [3.63, 3.8) is 0 Å². The van der Waals surface area contributed by atoms with E-state index in [0.29, 0.717) is 11.1 Å². The fraction of sp³-hybridized carbons (Fsp3) is 0. The fourth-order valence-corrected chi connectivity index (χ4v) is 7.02. The molecule has 1 heteroatoms. The quantitative estimate of drug-likeness (QED) is 0.175. The van der Waals surface area contributed by atoms with E-state index in [9.17, 15) is 5.48 Å². The van der Waals surface area contributed by atoms with Crippen LogP contribution < -0.4 is 0 Å². The van der Waals surface area contributed by atoms with Crippen LogP contribution in [0.2, 0.25) is 0 Å². The van der Waals surface area contributed by atoms with Gasteiger partial charge in [-0.15, -0.1) is 0 Å². The summed E-state index contributed by atoms with van der Waals surface area (Å²) < 4.78 is 121. The van der Waals surface area contributed by atoms with Crippen molar-refractivity contribution in [3.05, 3.63) is 182 Å². The van der Waals surface area contributed by atoms with Gasteiger partial charge in [-0.3, -0.25) is 0 Å². The van der Waals surface area contributed by atoms with Gasteiger partial charge in [-0.05, 0) is 83.4 Å². The summed E-state index contributed by atoms with van der Waals surface area (Å²) in [5, 5.41) is 3.32. The maximum atomic E-state index is 9.22. The van der Waals surface area contributed by atoms with Gasteiger partial charge in [0.25, 0.3) is 0 Å². The lowest BCUT2D eigenvalue weighted by Gasteiger charge is -2.18. The Balaban J connectivity index is 1.22. The minimum atomic E-state index is -0.713. The Labute approximate surface area is 302 Å². The first-order valence-electron chi connectivity index (χ1n) is 22.3. The molecule has 228 valence electrons. The van der Waals surface area contributed by atoms with Crippen LogP contribution in [-0.4, -0.2) is 0 Å². The number of hydrogen-bond donors (Lipinski definition) is 0. The molecule has 0 aliphatic carbocycles. The molecule has 0 amide bonds. The Morgan fingerprint density at radius 2 is 0.918 bits per heavy atom. The van der Waals surface area contributed by atoms with E-state index in [0.717, 1.165) is 49.4 Å². The number of rotatable bonds is 4. The summed E-state index contributed by atoms with van der Waals surface area (Å²) in [5.74, 6) is 0. The first-order chi connectivity index (χ1) is 29.7. The molecule has 1 heterocycles. The SMILES string of the molecule is [2H]c1c([2H])c([2H])c(-c2c3c([2H])c([2H])c([2H])c([2H])c3c(-c3ccc(-c4ccc5oc6c(-c7cccc8ccccc78)cccc6c5c4)cc3)c3c([2H])c([2H])c([2H])c([2H])c23)c([2H])c1[2H]. The summed E-state index contributed by atoms with van der Waals surface area (Å²) >= 11 is 0. The molecule has 0 radical (unpaired) electrons. The van der Waals surface area contributed by atoms with Crippen molar-refractivity contribution in [2.75, 3.05) is 0 Å². The Bertz CT molecular complexity index is 3500. The summed E-state index contributed by atoms with van der Waals surface area (Å²) in [5.41, 5.74) is 4.79. The van der Waals surface area contributed by atoms with Gasteiger partial charge in [0.15, 0.2) is 0 Å². The molecule has 0 saturated heterocycles. The van der Waals surface area contributed by atoms with Gasteiger partial charge in [0, 0.05) is 16.3 Å². The van der Waals surface area contributed by atoms with Crippen molar-refractivity contribution in [1.82, 2.24) is 0 Å². The molecule has 0 fully saturated rings. The highest BCUT2D eigenvalue weighted by Crippen LogP contribution is 2.44. The molecule has 10 rings (SSSR count). The predicted molar refractivity (Wildman–Crippen MR) is 208 cm³/mol. The highest BCUT2D eigenvalue weighted by atomic mass is 16.3. The van der Waals surface area contributed by atoms with Crippen LogP contribution in [-0.2, 0) is 0 Å². The van der Waals surface area contributed by atoms with Crippen molar-refractivity contribution >= 4 is 54.3 Å². The number of furan rings is 1. The molecule has 0 spiro atoms. The van der Waals surface area contributed by atoms with Crippen molar-refractivity contribution < 1.29 is 22.2 Å². The van der Waals surface area contributed by atoms with Gasteiger partial charge in [0.1, 0.15) is 11.2 Å². The topological polar surface area (TPSA) is 13.1 Å². The summed E-state index contributed by atoms with van der Waals surface area (Å²) in [4.78, 5) is 0. The third-order valence-corrected chi connectivity index (χ3v) is 9.21. The zero-order valence-electron chi connectivity index (χ0n) is 38.7. The lowest BCUT2D eigenvalue weighted by molar-refractivity contribution is 0.670. The molecule has 0 aliphatic heterocycles. The van der Waals surface area contributed by atoms with Crippen LogP contribution >= 0.6 is 0 Å². The van der Waals surface area contributed by atoms with E-state index in [-0.39, 0.29) is 32.7 Å². The molecular formula is C48H30O. The van der Waals surface area contributed by atoms with Gasteiger partial charge < -0.3 is 4.42 Å². The standard InChI is InChI=1S/C48H30O/c1-2-13-33(14-3-1)46-38-17-6-8-19-40(38)47(41-20-9-7-18-39(41)46)34-26-24-31(25-27-34)35-28-29-45-44(30-35)43-23-11-22-42(48(43)49-45)37-21-10-15-32-12-4-5-16-36(32)37/h1-30H/i1D,2D,3D,6D,7D,8D,9D,13D,14D,17D,18D,19D,20D. The van der Waals surface area contributed by atoms with Gasteiger partial charge in [-0.25, -0.2) is 0 Å². The summed E-state index contributed by atoms with van der Waals surface area (Å²) in [6.45, 7) is 0. The van der Waals surface area contributed by atoms with E-state index >= 15 is 0 Å². The van der Waals surface area contributed by atoms with E-state index in [1.165, 1.54) is 0 Å². The number of hydrogen-bond acceptors (Lipinski definition) is 1. The molecule has 1 aromatic heterocycles. The number of para-hydroxylation sites is 1. The maximum absolute atomic E-state index is 9.22. The highest BCUT2D eigenvalue weighted by molar-refractivity contribution is 6.21. The molecule has 49 heavy (non-hydrogen) atoms. The van der Waals surface area contributed by atoms with Gasteiger partial charge in [0.05, 0.1) is 17.8 Å². The Kier molecular flexibility index (Phi) is 3.99. The second-order valence-electron chi connectivity index (χ2n) is 11.8. The molecule has 0 saturated carbocycles. The fourth-order valence-electron chi connectivity index (χ4n) is 7.02. The summed E-state index contributed by atoms with van der Waals surface area (Å²) in [7, 11) is 0. The molecule has 0 unspecified atom stereocenters. The van der Waals surface area contributed by atoms with E-state index in [4.69, 9.17) is 16.8 Å². The first-order valence-corrected chi connectivity index (χ1v) is 15.8. The lowest BCUT2D eigenvalue weighted by atomic mass is 9.86. The Morgan fingerprint density at radius 3 is 1.65 bits per heavy atom. The monoisotopic (exact) mass is 635 g/mol. The van der Waals surface area contributed by atoms with Crippen LogP contribution in [0.4, 0.5) is 0 Å². The molecule has 1 nitrogen and oxygen atoms in total. The van der Waals surface area contributed by atoms with Crippen LogP contribution in [0.25, 0.3) is 98.8 Å². The molecule has 0 N–H and O–H groups in total. The van der Waals surface area contributed by atoms with Crippen LogP contribution in [0.3, 0.4) is 0 Å². The van der Waals surface area contributed by atoms with Gasteiger partial charge in [-0.2, -0.15) is 0 Å². The van der Waals surface area contributed by atoms with E-state index in [1.54, 1.807) is 12.1 Å². The maximum Gasteiger partial charge on any atom is 0.143 e. The number of fused-ring (bicyclic) bond motifs is 6. The minimum absolute atomic E-state index is 0.0777. The van der Waals surface area contributed by atoms with Crippen molar-refractivity contribution in [2.24, 2.45) is 0 Å². The zero-order chi connectivity index (χ0) is 43.6. The summed E-state index contributed by atoms with van der Waals surface area (Å²) in [6.07, 6.45) is 0. The van der Waals surface area contributed by atoms with Crippen LogP contribution in [0.15, 0.2) is 186 Å². The van der Waals surface area contributed by atoms with Crippen LogP contribution in [0.5, 0.6) is 0 Å². The highest BCUT2D eigenvalue weighted by Gasteiger charge is 2.17. The molecule has 0 bridgehead atoms. The Hall–Kier alpha value is -6.44. The smallest absolute Gasteiger partial charge is 0.143 e. The van der Waals surface area contributed by atoms with Crippen molar-refractivity contribution in [3.8, 4) is 44.5 Å². The third-order valence-electron chi connectivity index (χ3n) is 9.21. The van der Waals surface area contributed by atoms with Crippen molar-refractivity contribution in [2.45, 2.75) is 0 Å². The molecular weight excluding hydrogens is 593 g/mol. The zero-order valence-corrected chi connectivity index (χ0v) is 25.7. The third kappa shape index (κ3) is 4.40. The van der Waals surface area contributed by atoms with E-state index < -0.39 is 84.1 Å². The largest absolute Gasteiger partial charge is 0.455 e. The second kappa shape index (κ2) is 11.1. The Morgan fingerprint density at radius 1 is 0.367 bits per heavy atom. The average Bonchev–Trinajstić information content (AvgIpc) is 3.67. The summed E-state index contributed by atoms with van der Waals surface area (Å²) in [6, 6.07) is 25.1. The first kappa shape index (κ1) is 17.6. The van der Waals surface area contributed by atoms with E-state index in [2.05, 4.69) is 30.3 Å². The van der Waals surface area contributed by atoms with Gasteiger partial charge >= 0.3 is 0 Å². The predicted octanol–water partition coefficient (Wildman–Crippen LogP) is 13.7. The van der Waals surface area contributed by atoms with Gasteiger partial charge in [0.2, 0.25) is 0 Å².